The second-order valence-electron chi connectivity index (χ2n) is 4.64. The number of aliphatic hydroxyl groups excluding tert-OH is 3. The van der Waals surface area contributed by atoms with Crippen molar-refractivity contribution < 1.29 is 24.9 Å². The first-order chi connectivity index (χ1) is 10.0. The van der Waals surface area contributed by atoms with Crippen LogP contribution in [0.1, 0.15) is 5.56 Å². The van der Waals surface area contributed by atoms with E-state index in [2.05, 4.69) is 0 Å². The standard InChI is InChI=1S/C16H16O5/c1-21-12-5-2-10(3-6-12)4-7-13(18)16-14(19)8-11(17)9-15(16)20/h2-9,14,16-17,19-20H,1H3/b7-4+. The van der Waals surface area contributed by atoms with Gasteiger partial charge in [-0.05, 0) is 29.8 Å². The molecule has 0 radical (unpaired) electrons. The Morgan fingerprint density at radius 2 is 1.90 bits per heavy atom. The minimum absolute atomic E-state index is 0.261. The molecule has 0 amide bonds. The van der Waals surface area contributed by atoms with E-state index in [0.29, 0.717) is 5.75 Å². The number of methoxy groups -OCH3 is 1. The third kappa shape index (κ3) is 3.52. The van der Waals surface area contributed by atoms with Gasteiger partial charge in [0.15, 0.2) is 5.78 Å². The first kappa shape index (κ1) is 14.9. The molecule has 0 aromatic heterocycles. The fraction of sp³-hybridized carbons (Fsp3) is 0.188. The average Bonchev–Trinajstić information content (AvgIpc) is 2.44. The van der Waals surface area contributed by atoms with Gasteiger partial charge >= 0.3 is 0 Å². The van der Waals surface area contributed by atoms with Gasteiger partial charge in [0.05, 0.1) is 13.2 Å². The number of benzene rings is 1. The summed E-state index contributed by atoms with van der Waals surface area (Å²) in [4.78, 5) is 12.0. The number of hydrogen-bond acceptors (Lipinski definition) is 5. The zero-order valence-corrected chi connectivity index (χ0v) is 11.4. The van der Waals surface area contributed by atoms with Crippen LogP contribution in [0.4, 0.5) is 0 Å². The first-order valence-electron chi connectivity index (χ1n) is 6.36. The number of carbonyl (C=O) groups excluding carboxylic acids is 1. The SMILES string of the molecule is COc1ccc(/C=C/C(=O)C2C(O)=CC(O)=CC2O)cc1. The van der Waals surface area contributed by atoms with Gasteiger partial charge in [-0.25, -0.2) is 0 Å². The quantitative estimate of drug-likeness (QED) is 0.739. The van der Waals surface area contributed by atoms with Crippen molar-refractivity contribution in [2.24, 2.45) is 5.92 Å². The van der Waals surface area contributed by atoms with Crippen molar-refractivity contribution in [2.45, 2.75) is 6.10 Å². The highest BCUT2D eigenvalue weighted by Crippen LogP contribution is 2.23. The normalized spacial score (nSPS) is 21.8. The molecular weight excluding hydrogens is 272 g/mol. The van der Waals surface area contributed by atoms with Crippen molar-refractivity contribution >= 4 is 11.9 Å². The summed E-state index contributed by atoms with van der Waals surface area (Å²) in [5.41, 5.74) is 0.788. The Kier molecular flexibility index (Phi) is 4.45. The van der Waals surface area contributed by atoms with Crippen LogP contribution in [0.2, 0.25) is 0 Å². The van der Waals surface area contributed by atoms with Crippen LogP contribution in [-0.4, -0.2) is 34.3 Å². The smallest absolute Gasteiger partial charge is 0.169 e. The Labute approximate surface area is 122 Å². The number of hydrogen-bond donors (Lipinski definition) is 3. The molecular formula is C16H16O5. The van der Waals surface area contributed by atoms with Gasteiger partial charge in [0, 0.05) is 6.08 Å². The van der Waals surface area contributed by atoms with E-state index >= 15 is 0 Å². The Morgan fingerprint density at radius 3 is 2.48 bits per heavy atom. The van der Waals surface area contributed by atoms with Crippen molar-refractivity contribution in [2.75, 3.05) is 7.11 Å². The average molecular weight is 288 g/mol. The molecule has 5 heteroatoms. The summed E-state index contributed by atoms with van der Waals surface area (Å²) in [7, 11) is 1.57. The highest BCUT2D eigenvalue weighted by atomic mass is 16.5. The van der Waals surface area contributed by atoms with Gasteiger partial charge in [0.2, 0.25) is 0 Å². The predicted octanol–water partition coefficient (Wildman–Crippen LogP) is 2.15. The maximum Gasteiger partial charge on any atom is 0.169 e. The molecule has 1 aliphatic rings. The van der Waals surface area contributed by atoms with Crippen LogP contribution in [0, 0.1) is 5.92 Å². The summed E-state index contributed by atoms with van der Waals surface area (Å²) in [5, 5.41) is 28.6. The summed E-state index contributed by atoms with van der Waals surface area (Å²) >= 11 is 0. The lowest BCUT2D eigenvalue weighted by Gasteiger charge is -2.20. The number of ketones is 1. The van der Waals surface area contributed by atoms with E-state index in [1.807, 2.05) is 0 Å². The zero-order chi connectivity index (χ0) is 15.4. The molecule has 0 bridgehead atoms. The van der Waals surface area contributed by atoms with Crippen LogP contribution in [0.15, 0.2) is 54.0 Å². The van der Waals surface area contributed by atoms with E-state index in [-0.39, 0.29) is 11.5 Å². The molecule has 21 heavy (non-hydrogen) atoms. The lowest BCUT2D eigenvalue weighted by atomic mass is 9.90. The van der Waals surface area contributed by atoms with Crippen molar-refractivity contribution in [3.63, 3.8) is 0 Å². The number of allylic oxidation sites excluding steroid dienone is 2. The van der Waals surface area contributed by atoms with Gasteiger partial charge in [-0.15, -0.1) is 0 Å². The summed E-state index contributed by atoms with van der Waals surface area (Å²) in [5.74, 6) is -1.44. The van der Waals surface area contributed by atoms with Crippen LogP contribution in [-0.2, 0) is 4.79 Å². The van der Waals surface area contributed by atoms with Gasteiger partial charge in [0.1, 0.15) is 23.2 Å². The minimum Gasteiger partial charge on any atom is -0.511 e. The molecule has 0 aliphatic heterocycles. The van der Waals surface area contributed by atoms with Gasteiger partial charge in [0.25, 0.3) is 0 Å². The Bertz CT molecular complexity index is 610. The van der Waals surface area contributed by atoms with E-state index in [4.69, 9.17) is 4.74 Å². The lowest BCUT2D eigenvalue weighted by Crippen LogP contribution is -2.30. The monoisotopic (exact) mass is 288 g/mol. The largest absolute Gasteiger partial charge is 0.511 e. The van der Waals surface area contributed by atoms with Gasteiger partial charge in [-0.1, -0.05) is 18.2 Å². The van der Waals surface area contributed by atoms with Gasteiger partial charge in [-0.2, -0.15) is 0 Å². The molecule has 0 fully saturated rings. The summed E-state index contributed by atoms with van der Waals surface area (Å²) in [6, 6.07) is 7.08. The van der Waals surface area contributed by atoms with Crippen LogP contribution < -0.4 is 4.74 Å². The van der Waals surface area contributed by atoms with Crippen LogP contribution in [0.3, 0.4) is 0 Å². The molecule has 2 rings (SSSR count). The maximum absolute atomic E-state index is 12.0. The second kappa shape index (κ2) is 6.28. The van der Waals surface area contributed by atoms with E-state index in [1.54, 1.807) is 37.5 Å². The van der Waals surface area contributed by atoms with Gasteiger partial charge in [-0.3, -0.25) is 4.79 Å². The van der Waals surface area contributed by atoms with Crippen molar-refractivity contribution in [3.8, 4) is 5.75 Å². The summed E-state index contributed by atoms with van der Waals surface area (Å²) < 4.78 is 5.03. The second-order valence-corrected chi connectivity index (χ2v) is 4.64. The Morgan fingerprint density at radius 1 is 1.24 bits per heavy atom. The highest BCUT2D eigenvalue weighted by molar-refractivity contribution is 5.97. The van der Waals surface area contributed by atoms with E-state index < -0.39 is 17.8 Å². The van der Waals surface area contributed by atoms with Crippen LogP contribution in [0.25, 0.3) is 6.08 Å². The van der Waals surface area contributed by atoms with Crippen LogP contribution >= 0.6 is 0 Å². The van der Waals surface area contributed by atoms with Crippen molar-refractivity contribution in [1.29, 1.82) is 0 Å². The maximum atomic E-state index is 12.0. The Hall–Kier alpha value is -2.53. The van der Waals surface area contributed by atoms with Crippen molar-refractivity contribution in [1.82, 2.24) is 0 Å². The Balaban J connectivity index is 2.10. The molecule has 2 atom stereocenters. The molecule has 5 nitrogen and oxygen atoms in total. The molecule has 1 aliphatic carbocycles. The zero-order valence-electron chi connectivity index (χ0n) is 11.4. The number of aliphatic hydroxyl groups is 3. The van der Waals surface area contributed by atoms with Crippen molar-refractivity contribution in [3.05, 3.63) is 59.6 Å². The number of carbonyl (C=O) groups is 1. The molecule has 0 spiro atoms. The number of ether oxygens (including phenoxy) is 1. The van der Waals surface area contributed by atoms with E-state index in [1.165, 1.54) is 6.08 Å². The van der Waals surface area contributed by atoms with Crippen LogP contribution in [0.5, 0.6) is 5.75 Å². The molecule has 1 aromatic carbocycles. The molecule has 1 aromatic rings. The molecule has 0 saturated carbocycles. The fourth-order valence-electron chi connectivity index (χ4n) is 2.05. The minimum atomic E-state index is -1.25. The van der Waals surface area contributed by atoms with E-state index in [0.717, 1.165) is 17.7 Å². The molecule has 110 valence electrons. The number of rotatable bonds is 4. The molecule has 3 N–H and O–H groups in total. The topological polar surface area (TPSA) is 87.0 Å². The molecule has 0 heterocycles. The van der Waals surface area contributed by atoms with E-state index in [9.17, 15) is 20.1 Å². The third-order valence-corrected chi connectivity index (χ3v) is 3.16. The third-order valence-electron chi connectivity index (χ3n) is 3.16. The fourth-order valence-corrected chi connectivity index (χ4v) is 2.05. The summed E-state index contributed by atoms with van der Waals surface area (Å²) in [6.07, 6.45) is 3.79. The van der Waals surface area contributed by atoms with Gasteiger partial charge < -0.3 is 20.1 Å². The summed E-state index contributed by atoms with van der Waals surface area (Å²) in [6.45, 7) is 0. The predicted molar refractivity (Wildman–Crippen MR) is 78.0 cm³/mol. The first-order valence-corrected chi connectivity index (χ1v) is 6.36. The lowest BCUT2D eigenvalue weighted by molar-refractivity contribution is -0.120. The molecule has 2 unspecified atom stereocenters. The highest BCUT2D eigenvalue weighted by Gasteiger charge is 2.31. The molecule has 0 saturated heterocycles.